The maximum absolute atomic E-state index is 14.6. The van der Waals surface area contributed by atoms with Crippen LogP contribution in [0.1, 0.15) is 67.6 Å². The number of rotatable bonds is 3. The van der Waals surface area contributed by atoms with Crippen molar-refractivity contribution in [1.29, 1.82) is 0 Å². The third kappa shape index (κ3) is 3.95. The van der Waals surface area contributed by atoms with Gasteiger partial charge in [-0.2, -0.15) is 0 Å². The van der Waals surface area contributed by atoms with E-state index >= 15 is 0 Å². The van der Waals surface area contributed by atoms with Gasteiger partial charge >= 0.3 is 0 Å². The fraction of sp³-hybridized carbons (Fsp3) is 0.581. The van der Waals surface area contributed by atoms with Gasteiger partial charge in [-0.25, -0.2) is 0 Å². The number of hydrogen-bond acceptors (Lipinski definition) is 5. The molecule has 2 aromatic carbocycles. The van der Waals surface area contributed by atoms with E-state index in [-0.39, 0.29) is 18.1 Å². The number of carbonyl (C=O) groups is 1. The zero-order valence-corrected chi connectivity index (χ0v) is 21.7. The molecule has 6 heteroatoms. The number of carbonyl (C=O) groups excluding carboxylic acids is 1. The SMILES string of the molecule is O=C(C1CNCC12CNCc1c2ccc2c1OCO2)N1CCC(c2ccccc2)CC1C1CCCCC1. The van der Waals surface area contributed by atoms with Gasteiger partial charge in [0.05, 0.1) is 5.92 Å². The molecule has 4 unspecified atom stereocenters. The highest BCUT2D eigenvalue weighted by Gasteiger charge is 2.53. The molecule has 0 aromatic heterocycles. The lowest BCUT2D eigenvalue weighted by molar-refractivity contribution is -0.142. The first-order valence-corrected chi connectivity index (χ1v) is 14.4. The molecule has 2 aromatic rings. The van der Waals surface area contributed by atoms with E-state index in [1.807, 2.05) is 6.07 Å². The number of nitrogens with one attached hydrogen (secondary N) is 2. The number of nitrogens with zero attached hydrogens (tertiary/aromatic N) is 1. The number of amides is 1. The predicted molar refractivity (Wildman–Crippen MR) is 143 cm³/mol. The summed E-state index contributed by atoms with van der Waals surface area (Å²) in [5.41, 5.74) is 3.64. The molecule has 37 heavy (non-hydrogen) atoms. The molecule has 0 radical (unpaired) electrons. The number of fused-ring (bicyclic) bond motifs is 4. The highest BCUT2D eigenvalue weighted by molar-refractivity contribution is 5.83. The minimum Gasteiger partial charge on any atom is -0.454 e. The Morgan fingerprint density at radius 1 is 0.946 bits per heavy atom. The second kappa shape index (κ2) is 9.63. The van der Waals surface area contributed by atoms with Crippen LogP contribution in [0.5, 0.6) is 11.5 Å². The van der Waals surface area contributed by atoms with E-state index in [1.165, 1.54) is 48.8 Å². The number of benzene rings is 2. The molecular weight excluding hydrogens is 462 g/mol. The van der Waals surface area contributed by atoms with Crippen LogP contribution in [0.15, 0.2) is 42.5 Å². The maximum Gasteiger partial charge on any atom is 0.231 e. The number of ether oxygens (including phenoxy) is 2. The maximum atomic E-state index is 14.6. The summed E-state index contributed by atoms with van der Waals surface area (Å²) < 4.78 is 11.6. The second-order valence-electron chi connectivity index (χ2n) is 11.9. The normalized spacial score (nSPS) is 31.5. The second-order valence-corrected chi connectivity index (χ2v) is 11.9. The standard InChI is InChI=1S/C31H39N3O3/c35-30(26-17-33-19-31(26)18-32-16-24-25(31)11-12-28-29(24)37-20-36-28)34-14-13-23(21-7-3-1-4-8-21)15-27(34)22-9-5-2-6-10-22/h1,3-4,7-8,11-12,22-23,26-27,32-33H,2,5-6,9-10,13-20H2. The Kier molecular flexibility index (Phi) is 6.13. The molecule has 2 saturated heterocycles. The topological polar surface area (TPSA) is 62.8 Å². The summed E-state index contributed by atoms with van der Waals surface area (Å²) in [5.74, 6) is 3.15. The lowest BCUT2D eigenvalue weighted by atomic mass is 9.67. The Morgan fingerprint density at radius 2 is 1.78 bits per heavy atom. The third-order valence-corrected chi connectivity index (χ3v) is 10.1. The van der Waals surface area contributed by atoms with Gasteiger partial charge in [0.2, 0.25) is 12.7 Å². The van der Waals surface area contributed by atoms with Gasteiger partial charge in [0, 0.05) is 49.7 Å². The van der Waals surface area contributed by atoms with Gasteiger partial charge in [-0.15, -0.1) is 0 Å². The van der Waals surface area contributed by atoms with Crippen LogP contribution in [0, 0.1) is 11.8 Å². The molecule has 2 N–H and O–H groups in total. The van der Waals surface area contributed by atoms with Crippen molar-refractivity contribution in [2.24, 2.45) is 11.8 Å². The van der Waals surface area contributed by atoms with Crippen LogP contribution in [-0.4, -0.2) is 49.8 Å². The highest BCUT2D eigenvalue weighted by atomic mass is 16.7. The molecule has 1 amide bonds. The molecule has 5 aliphatic rings. The monoisotopic (exact) mass is 501 g/mol. The van der Waals surface area contributed by atoms with Gasteiger partial charge < -0.3 is 25.0 Å². The van der Waals surface area contributed by atoms with Crippen molar-refractivity contribution in [3.8, 4) is 11.5 Å². The van der Waals surface area contributed by atoms with E-state index in [0.717, 1.165) is 57.1 Å². The molecule has 7 rings (SSSR count). The fourth-order valence-corrected chi connectivity index (χ4v) is 8.19. The minimum absolute atomic E-state index is 0.0706. The first-order chi connectivity index (χ1) is 18.2. The van der Waals surface area contributed by atoms with Crippen LogP contribution in [0.25, 0.3) is 0 Å². The molecule has 0 bridgehead atoms. The van der Waals surface area contributed by atoms with Crippen LogP contribution >= 0.6 is 0 Å². The smallest absolute Gasteiger partial charge is 0.231 e. The molecule has 4 heterocycles. The van der Waals surface area contributed by atoms with Gasteiger partial charge in [-0.3, -0.25) is 4.79 Å². The van der Waals surface area contributed by atoms with Gasteiger partial charge in [0.15, 0.2) is 11.5 Å². The van der Waals surface area contributed by atoms with E-state index in [9.17, 15) is 4.79 Å². The summed E-state index contributed by atoms with van der Waals surface area (Å²) in [6.07, 6.45) is 8.63. The Bertz CT molecular complexity index is 1150. The van der Waals surface area contributed by atoms with E-state index in [0.29, 0.717) is 23.8 Å². The molecule has 196 valence electrons. The molecule has 6 nitrogen and oxygen atoms in total. The highest BCUT2D eigenvalue weighted by Crippen LogP contribution is 2.48. The lowest BCUT2D eigenvalue weighted by Gasteiger charge is -2.48. The summed E-state index contributed by atoms with van der Waals surface area (Å²) in [5, 5.41) is 7.28. The van der Waals surface area contributed by atoms with Crippen molar-refractivity contribution >= 4 is 5.91 Å². The van der Waals surface area contributed by atoms with Crippen LogP contribution in [-0.2, 0) is 16.8 Å². The van der Waals surface area contributed by atoms with E-state index in [2.05, 4.69) is 51.9 Å². The molecule has 3 fully saturated rings. The quantitative estimate of drug-likeness (QED) is 0.656. The molecule has 1 saturated carbocycles. The number of hydrogen-bond donors (Lipinski definition) is 2. The predicted octanol–water partition coefficient (Wildman–Crippen LogP) is 4.33. The van der Waals surface area contributed by atoms with Crippen LogP contribution in [0.4, 0.5) is 0 Å². The number of likely N-dealkylation sites (tertiary alicyclic amines) is 1. The van der Waals surface area contributed by atoms with Crippen molar-refractivity contribution in [3.05, 3.63) is 59.2 Å². The van der Waals surface area contributed by atoms with Crippen molar-refractivity contribution in [3.63, 3.8) is 0 Å². The fourth-order valence-electron chi connectivity index (χ4n) is 8.19. The Hall–Kier alpha value is -2.57. The Labute approximate surface area is 220 Å². The van der Waals surface area contributed by atoms with Crippen molar-refractivity contribution < 1.29 is 14.3 Å². The van der Waals surface area contributed by atoms with E-state index in [4.69, 9.17) is 9.47 Å². The molecule has 4 atom stereocenters. The van der Waals surface area contributed by atoms with E-state index in [1.54, 1.807) is 0 Å². The van der Waals surface area contributed by atoms with Gasteiger partial charge in [-0.1, -0.05) is 55.7 Å². The van der Waals surface area contributed by atoms with E-state index < -0.39 is 0 Å². The summed E-state index contributed by atoms with van der Waals surface area (Å²) in [6.45, 7) is 4.28. The first kappa shape index (κ1) is 23.5. The van der Waals surface area contributed by atoms with Crippen molar-refractivity contribution in [2.75, 3.05) is 33.0 Å². The average molecular weight is 502 g/mol. The van der Waals surface area contributed by atoms with Crippen LogP contribution < -0.4 is 20.1 Å². The van der Waals surface area contributed by atoms with Crippen LogP contribution in [0.3, 0.4) is 0 Å². The van der Waals surface area contributed by atoms with Crippen LogP contribution in [0.2, 0.25) is 0 Å². The molecular formula is C31H39N3O3. The van der Waals surface area contributed by atoms with Crippen molar-refractivity contribution in [1.82, 2.24) is 15.5 Å². The van der Waals surface area contributed by atoms with Gasteiger partial charge in [-0.05, 0) is 54.7 Å². The molecule has 4 aliphatic heterocycles. The largest absolute Gasteiger partial charge is 0.454 e. The molecule has 1 spiro atoms. The van der Waals surface area contributed by atoms with Gasteiger partial charge in [0.25, 0.3) is 0 Å². The summed E-state index contributed by atoms with van der Waals surface area (Å²) >= 11 is 0. The average Bonchev–Trinajstić information content (AvgIpc) is 3.62. The minimum atomic E-state index is -0.251. The van der Waals surface area contributed by atoms with Gasteiger partial charge in [0.1, 0.15) is 0 Å². The Morgan fingerprint density at radius 3 is 2.65 bits per heavy atom. The zero-order valence-electron chi connectivity index (χ0n) is 21.7. The zero-order chi connectivity index (χ0) is 24.8. The molecule has 1 aliphatic carbocycles. The Balaban J connectivity index is 1.20. The lowest BCUT2D eigenvalue weighted by Crippen LogP contribution is -2.57. The number of piperidine rings is 1. The summed E-state index contributed by atoms with van der Waals surface area (Å²) in [6, 6.07) is 15.6. The first-order valence-electron chi connectivity index (χ1n) is 14.4. The summed E-state index contributed by atoms with van der Waals surface area (Å²) in [7, 11) is 0. The third-order valence-electron chi connectivity index (χ3n) is 10.1. The summed E-state index contributed by atoms with van der Waals surface area (Å²) in [4.78, 5) is 17.0. The van der Waals surface area contributed by atoms with Crippen molar-refractivity contribution in [2.45, 2.75) is 68.9 Å².